The molecule has 0 saturated carbocycles. The van der Waals surface area contributed by atoms with Crippen molar-refractivity contribution in [3.05, 3.63) is 58.1 Å². The van der Waals surface area contributed by atoms with Gasteiger partial charge in [-0.2, -0.15) is 0 Å². The Kier molecular flexibility index (Phi) is 5.30. The molecule has 0 aromatic heterocycles. The van der Waals surface area contributed by atoms with E-state index in [4.69, 9.17) is 16.3 Å². The summed E-state index contributed by atoms with van der Waals surface area (Å²) < 4.78 is 5.89. The van der Waals surface area contributed by atoms with E-state index in [2.05, 4.69) is 15.5 Å². The highest BCUT2D eigenvalue weighted by Gasteiger charge is 2.32. The van der Waals surface area contributed by atoms with Crippen molar-refractivity contribution < 1.29 is 14.3 Å². The summed E-state index contributed by atoms with van der Waals surface area (Å²) in [7, 11) is 0. The highest BCUT2D eigenvalue weighted by atomic mass is 35.5. The molecule has 0 fully saturated rings. The quantitative estimate of drug-likeness (QED) is 0.730. The molecule has 4 rings (SSSR count). The second-order valence-corrected chi connectivity index (χ2v) is 7.45. The molecule has 0 unspecified atom stereocenters. The maximum absolute atomic E-state index is 12.6. The molecule has 0 aliphatic carbocycles. The number of carbonyl (C=O) groups excluding carboxylic acids is 2. The molecular formula is C22H22ClN3O3. The number of halogens is 1. The predicted octanol–water partition coefficient (Wildman–Crippen LogP) is 3.97. The molecule has 6 nitrogen and oxygen atoms in total. The smallest absolute Gasteiger partial charge is 0.260 e. The second-order valence-electron chi connectivity index (χ2n) is 7.02. The lowest BCUT2D eigenvalue weighted by Crippen LogP contribution is -2.32. The van der Waals surface area contributed by atoms with Crippen LogP contribution in [0.2, 0.25) is 5.02 Å². The van der Waals surface area contributed by atoms with Crippen molar-refractivity contribution in [3.8, 4) is 0 Å². The molecule has 150 valence electrons. The Labute approximate surface area is 174 Å². The lowest BCUT2D eigenvalue weighted by atomic mass is 10.00. The van der Waals surface area contributed by atoms with Crippen LogP contribution in [0.25, 0.3) is 11.3 Å². The van der Waals surface area contributed by atoms with Gasteiger partial charge < -0.3 is 15.4 Å². The van der Waals surface area contributed by atoms with Crippen LogP contribution in [-0.2, 0) is 20.9 Å². The molecule has 0 atom stereocenters. The third-order valence-electron chi connectivity index (χ3n) is 5.22. The second kappa shape index (κ2) is 7.89. The Bertz CT molecular complexity index is 1030. The summed E-state index contributed by atoms with van der Waals surface area (Å²) in [6.07, 6.45) is 0. The number of hydrogen-bond acceptors (Lipinski definition) is 4. The number of benzene rings is 2. The van der Waals surface area contributed by atoms with Gasteiger partial charge in [0.05, 0.1) is 12.1 Å². The summed E-state index contributed by atoms with van der Waals surface area (Å²) in [5, 5.41) is 6.35. The minimum absolute atomic E-state index is 0.0510. The van der Waals surface area contributed by atoms with Crippen molar-refractivity contribution in [2.24, 2.45) is 0 Å². The number of ether oxygens (including phenoxy) is 1. The maximum atomic E-state index is 12.6. The van der Waals surface area contributed by atoms with Crippen LogP contribution >= 0.6 is 11.6 Å². The van der Waals surface area contributed by atoms with Crippen LogP contribution in [0.5, 0.6) is 0 Å². The van der Waals surface area contributed by atoms with E-state index in [1.54, 1.807) is 18.2 Å². The van der Waals surface area contributed by atoms with Gasteiger partial charge >= 0.3 is 0 Å². The molecule has 2 amide bonds. The maximum Gasteiger partial charge on any atom is 0.260 e. The minimum Gasteiger partial charge on any atom is -0.487 e. The van der Waals surface area contributed by atoms with Crippen LogP contribution in [0.4, 0.5) is 11.4 Å². The summed E-state index contributed by atoms with van der Waals surface area (Å²) in [6, 6.07) is 10.9. The average molecular weight is 412 g/mol. The number of rotatable bonds is 5. The number of nitrogens with zero attached hydrogens (tertiary/aromatic N) is 1. The van der Waals surface area contributed by atoms with Gasteiger partial charge in [0.1, 0.15) is 12.4 Å². The first kappa shape index (κ1) is 19.5. The zero-order valence-electron chi connectivity index (χ0n) is 16.3. The Morgan fingerprint density at radius 2 is 1.97 bits per heavy atom. The van der Waals surface area contributed by atoms with Crippen molar-refractivity contribution >= 4 is 46.1 Å². The first-order valence-corrected chi connectivity index (χ1v) is 10.0. The van der Waals surface area contributed by atoms with Crippen molar-refractivity contribution in [2.45, 2.75) is 20.5 Å². The molecule has 0 spiro atoms. The number of nitrogens with one attached hydrogen (secondary N) is 2. The molecule has 0 bridgehead atoms. The molecule has 0 radical (unpaired) electrons. The van der Waals surface area contributed by atoms with E-state index in [9.17, 15) is 9.59 Å². The van der Waals surface area contributed by atoms with Crippen molar-refractivity contribution in [3.63, 3.8) is 0 Å². The molecule has 2 aromatic rings. The van der Waals surface area contributed by atoms with Crippen LogP contribution in [-0.4, -0.2) is 36.3 Å². The summed E-state index contributed by atoms with van der Waals surface area (Å²) in [5.41, 5.74) is 4.44. The Hall–Kier alpha value is -2.83. The zero-order chi connectivity index (χ0) is 20.5. The fourth-order valence-corrected chi connectivity index (χ4v) is 3.83. The Morgan fingerprint density at radius 1 is 1.17 bits per heavy atom. The lowest BCUT2D eigenvalue weighted by molar-refractivity contribution is -0.117. The summed E-state index contributed by atoms with van der Waals surface area (Å²) in [5.74, 6) is 0.283. The molecule has 2 N–H and O–H groups in total. The lowest BCUT2D eigenvalue weighted by Gasteiger charge is -2.17. The van der Waals surface area contributed by atoms with Crippen molar-refractivity contribution in [1.29, 1.82) is 0 Å². The Morgan fingerprint density at radius 3 is 2.72 bits per heavy atom. The van der Waals surface area contributed by atoms with E-state index in [1.165, 1.54) is 0 Å². The van der Waals surface area contributed by atoms with Crippen molar-refractivity contribution in [2.75, 3.05) is 30.3 Å². The SMILES string of the molecule is CCN(CC)CC(=O)Nc1ccc2c(c1)COC2=C1C(=O)Nc2ccc(Cl)cc21. The van der Waals surface area contributed by atoms with Gasteiger partial charge in [0.15, 0.2) is 0 Å². The molecule has 2 heterocycles. The number of carbonyl (C=O) groups is 2. The predicted molar refractivity (Wildman–Crippen MR) is 115 cm³/mol. The standard InChI is InChI=1S/C22H22ClN3O3/c1-3-26(4-2)11-19(27)24-15-6-7-16-13(9-15)12-29-21(16)20-17-10-14(23)5-8-18(17)25-22(20)28/h5-10H,3-4,11-12H2,1-2H3,(H,24,27)(H,25,28). The van der Waals surface area contributed by atoms with Crippen LogP contribution in [0.15, 0.2) is 36.4 Å². The molecule has 7 heteroatoms. The monoisotopic (exact) mass is 411 g/mol. The van der Waals surface area contributed by atoms with Gasteiger partial charge in [0.2, 0.25) is 5.91 Å². The van der Waals surface area contributed by atoms with Gasteiger partial charge in [-0.15, -0.1) is 0 Å². The molecule has 2 aliphatic rings. The van der Waals surface area contributed by atoms with Crippen molar-refractivity contribution in [1.82, 2.24) is 4.90 Å². The first-order chi connectivity index (χ1) is 14.0. The van der Waals surface area contributed by atoms with Gasteiger partial charge in [-0.1, -0.05) is 25.4 Å². The molecule has 29 heavy (non-hydrogen) atoms. The molecular weight excluding hydrogens is 390 g/mol. The Balaban J connectivity index is 1.61. The number of anilines is 2. The van der Waals surface area contributed by atoms with Crippen LogP contribution < -0.4 is 10.6 Å². The fraction of sp³-hybridized carbons (Fsp3) is 0.273. The van der Waals surface area contributed by atoms with Gasteiger partial charge in [-0.05, 0) is 49.5 Å². The van der Waals surface area contributed by atoms with E-state index in [0.29, 0.717) is 29.5 Å². The van der Waals surface area contributed by atoms with Gasteiger partial charge in [0, 0.05) is 33.1 Å². The number of hydrogen-bond donors (Lipinski definition) is 2. The highest BCUT2D eigenvalue weighted by molar-refractivity contribution is 6.38. The van der Waals surface area contributed by atoms with E-state index in [1.807, 2.05) is 32.0 Å². The number of likely N-dealkylation sites (N-methyl/N-ethyl adjacent to an activating group) is 1. The van der Waals surface area contributed by atoms with Gasteiger partial charge in [-0.3, -0.25) is 14.5 Å². The molecule has 2 aliphatic heterocycles. The largest absolute Gasteiger partial charge is 0.487 e. The third-order valence-corrected chi connectivity index (χ3v) is 5.46. The van der Waals surface area contributed by atoms with Gasteiger partial charge in [0.25, 0.3) is 5.91 Å². The summed E-state index contributed by atoms with van der Waals surface area (Å²) >= 11 is 6.12. The zero-order valence-corrected chi connectivity index (χ0v) is 17.1. The van der Waals surface area contributed by atoms with Crippen LogP contribution in [0.1, 0.15) is 30.5 Å². The van der Waals surface area contributed by atoms with E-state index < -0.39 is 0 Å². The normalized spacial score (nSPS) is 17.0. The average Bonchev–Trinajstić information content (AvgIpc) is 3.25. The summed E-state index contributed by atoms with van der Waals surface area (Å²) in [4.78, 5) is 26.9. The molecule has 2 aromatic carbocycles. The van der Waals surface area contributed by atoms with Gasteiger partial charge in [-0.25, -0.2) is 0 Å². The van der Waals surface area contributed by atoms with Crippen LogP contribution in [0, 0.1) is 0 Å². The van der Waals surface area contributed by atoms with E-state index in [-0.39, 0.29) is 11.8 Å². The number of amides is 2. The van der Waals surface area contributed by atoms with E-state index in [0.717, 1.165) is 41.2 Å². The van der Waals surface area contributed by atoms with E-state index >= 15 is 0 Å². The minimum atomic E-state index is -0.207. The first-order valence-electron chi connectivity index (χ1n) is 9.64. The third kappa shape index (κ3) is 3.73. The molecule has 0 saturated heterocycles. The van der Waals surface area contributed by atoms with Crippen LogP contribution in [0.3, 0.4) is 0 Å². The summed E-state index contributed by atoms with van der Waals surface area (Å²) in [6.45, 7) is 6.41. The highest BCUT2D eigenvalue weighted by Crippen LogP contribution is 2.42. The number of fused-ring (bicyclic) bond motifs is 2. The fourth-order valence-electron chi connectivity index (χ4n) is 3.66. The topological polar surface area (TPSA) is 70.7 Å².